The minimum absolute atomic E-state index is 0.178. The molecule has 0 bridgehead atoms. The number of amides is 1. The normalized spacial score (nSPS) is 17.0. The number of para-hydroxylation sites is 2. The zero-order chi connectivity index (χ0) is 19.0. The molecular formula is C19H16N4O2S2. The molecule has 2 N–H and O–H groups in total. The Balaban J connectivity index is 1.68. The van der Waals surface area contributed by atoms with Crippen LogP contribution in [0.4, 0.5) is 5.13 Å². The molecule has 136 valence electrons. The lowest BCUT2D eigenvalue weighted by molar-refractivity contribution is -0.115. The summed E-state index contributed by atoms with van der Waals surface area (Å²) in [4.78, 5) is 21.3. The third-order valence-corrected chi connectivity index (χ3v) is 5.72. The molecule has 3 heterocycles. The van der Waals surface area contributed by atoms with Crippen LogP contribution in [0.1, 0.15) is 17.0 Å². The van der Waals surface area contributed by atoms with Crippen LogP contribution in [0.3, 0.4) is 0 Å². The summed E-state index contributed by atoms with van der Waals surface area (Å²) in [6, 6.07) is 9.20. The number of nitrogens with one attached hydrogen (secondary N) is 1. The summed E-state index contributed by atoms with van der Waals surface area (Å²) in [7, 11) is 0. The number of carbonyl (C=O) groups excluding carboxylic acids is 1. The van der Waals surface area contributed by atoms with Crippen molar-refractivity contribution in [1.82, 2.24) is 14.9 Å². The van der Waals surface area contributed by atoms with Crippen molar-refractivity contribution < 1.29 is 9.90 Å². The highest BCUT2D eigenvalue weighted by atomic mass is 32.2. The molecule has 0 radical (unpaired) electrons. The predicted octanol–water partition coefficient (Wildman–Crippen LogP) is 4.15. The number of thioether (sulfide) groups is 1. The number of nitrogens with zero attached hydrogens (tertiary/aromatic N) is 3. The molecule has 0 saturated carbocycles. The Kier molecular flexibility index (Phi) is 4.59. The number of rotatable bonds is 3. The van der Waals surface area contributed by atoms with Crippen molar-refractivity contribution in [3.8, 4) is 11.4 Å². The number of hydrogen-bond acceptors (Lipinski definition) is 6. The number of amidine groups is 1. The molecule has 1 aliphatic rings. The van der Waals surface area contributed by atoms with Crippen molar-refractivity contribution in [1.29, 1.82) is 0 Å². The molecule has 3 aromatic rings. The van der Waals surface area contributed by atoms with Crippen molar-refractivity contribution in [2.24, 2.45) is 4.99 Å². The fraction of sp³-hybridized carbons (Fsp3) is 0.105. The van der Waals surface area contributed by atoms with E-state index in [1.807, 2.05) is 48.1 Å². The van der Waals surface area contributed by atoms with Gasteiger partial charge in [0.05, 0.1) is 10.6 Å². The molecule has 8 heteroatoms. The summed E-state index contributed by atoms with van der Waals surface area (Å²) in [6.45, 7) is 3.94. The minimum Gasteiger partial charge on any atom is -0.506 e. The zero-order valence-corrected chi connectivity index (χ0v) is 16.3. The zero-order valence-electron chi connectivity index (χ0n) is 14.6. The van der Waals surface area contributed by atoms with E-state index in [0.717, 1.165) is 17.0 Å². The molecule has 1 fully saturated rings. The lowest BCUT2D eigenvalue weighted by atomic mass is 10.2. The first-order valence-corrected chi connectivity index (χ1v) is 9.89. The van der Waals surface area contributed by atoms with Gasteiger partial charge in [0.15, 0.2) is 5.17 Å². The van der Waals surface area contributed by atoms with Gasteiger partial charge in [-0.2, -0.15) is 4.99 Å². The maximum atomic E-state index is 12.3. The van der Waals surface area contributed by atoms with Crippen molar-refractivity contribution in [2.45, 2.75) is 13.8 Å². The molecular weight excluding hydrogens is 380 g/mol. The largest absolute Gasteiger partial charge is 0.506 e. The number of aromatic nitrogens is 2. The van der Waals surface area contributed by atoms with Crippen LogP contribution in [0.25, 0.3) is 11.8 Å². The number of thiazole rings is 1. The second-order valence-corrected chi connectivity index (χ2v) is 7.85. The van der Waals surface area contributed by atoms with E-state index in [4.69, 9.17) is 0 Å². The number of aryl methyl sites for hydroxylation is 1. The smallest absolute Gasteiger partial charge is 0.264 e. The van der Waals surface area contributed by atoms with Crippen LogP contribution < -0.4 is 5.32 Å². The van der Waals surface area contributed by atoms with Gasteiger partial charge in [-0.25, -0.2) is 4.98 Å². The number of hydrogen-bond donors (Lipinski definition) is 2. The number of aliphatic imine (C=N–C) groups is 1. The summed E-state index contributed by atoms with van der Waals surface area (Å²) >= 11 is 2.71. The van der Waals surface area contributed by atoms with E-state index < -0.39 is 0 Å². The average molecular weight is 396 g/mol. The highest BCUT2D eigenvalue weighted by molar-refractivity contribution is 8.18. The summed E-state index contributed by atoms with van der Waals surface area (Å²) in [5.74, 6) is 0.0343. The van der Waals surface area contributed by atoms with Crippen molar-refractivity contribution in [3.63, 3.8) is 0 Å². The van der Waals surface area contributed by atoms with E-state index in [0.29, 0.717) is 20.9 Å². The molecule has 0 spiro atoms. The molecule has 0 aliphatic carbocycles. The quantitative estimate of drug-likeness (QED) is 0.652. The van der Waals surface area contributed by atoms with E-state index in [2.05, 4.69) is 15.3 Å². The molecule has 1 aromatic carbocycles. The topological polar surface area (TPSA) is 79.5 Å². The number of aromatic hydroxyl groups is 1. The van der Waals surface area contributed by atoms with E-state index in [1.54, 1.807) is 18.3 Å². The maximum Gasteiger partial charge on any atom is 0.264 e. The Morgan fingerprint density at radius 3 is 2.85 bits per heavy atom. The highest BCUT2D eigenvalue weighted by Gasteiger charge is 2.25. The summed E-state index contributed by atoms with van der Waals surface area (Å²) in [5.41, 5.74) is 3.55. The van der Waals surface area contributed by atoms with Crippen molar-refractivity contribution in [3.05, 3.63) is 63.8 Å². The van der Waals surface area contributed by atoms with Gasteiger partial charge in [-0.1, -0.05) is 12.1 Å². The first-order valence-electron chi connectivity index (χ1n) is 8.19. The van der Waals surface area contributed by atoms with Crippen LogP contribution in [0.5, 0.6) is 5.75 Å². The van der Waals surface area contributed by atoms with Crippen molar-refractivity contribution >= 4 is 45.4 Å². The van der Waals surface area contributed by atoms with Gasteiger partial charge in [-0.05, 0) is 55.4 Å². The second kappa shape index (κ2) is 7.05. The van der Waals surface area contributed by atoms with Gasteiger partial charge in [0.1, 0.15) is 5.75 Å². The average Bonchev–Trinajstić information content (AvgIpc) is 3.32. The predicted molar refractivity (Wildman–Crippen MR) is 110 cm³/mol. The van der Waals surface area contributed by atoms with E-state index >= 15 is 0 Å². The van der Waals surface area contributed by atoms with Gasteiger partial charge in [0, 0.05) is 23.0 Å². The van der Waals surface area contributed by atoms with Gasteiger partial charge >= 0.3 is 0 Å². The van der Waals surface area contributed by atoms with Gasteiger partial charge in [0.25, 0.3) is 5.91 Å². The van der Waals surface area contributed by atoms with Gasteiger partial charge in [-0.15, -0.1) is 11.3 Å². The van der Waals surface area contributed by atoms with Crippen LogP contribution in [-0.2, 0) is 4.79 Å². The van der Waals surface area contributed by atoms with Crippen LogP contribution in [0, 0.1) is 13.8 Å². The fourth-order valence-corrected chi connectivity index (χ4v) is 4.32. The standard InChI is InChI=1S/C19H16N4O2S2/c1-11-9-13(12(2)23(11)14-5-3-4-6-15(14)24)10-16-17(25)21-19(27-16)22-18-20-7-8-26-18/h3-10,24H,1-2H3,(H,20,21,22,25)/b16-10-. The Morgan fingerprint density at radius 2 is 2.11 bits per heavy atom. The molecule has 27 heavy (non-hydrogen) atoms. The number of phenols is 1. The monoisotopic (exact) mass is 396 g/mol. The Labute approximate surface area is 164 Å². The highest BCUT2D eigenvalue weighted by Crippen LogP contribution is 2.32. The third kappa shape index (κ3) is 3.41. The molecule has 4 rings (SSSR count). The van der Waals surface area contributed by atoms with Gasteiger partial charge in [0.2, 0.25) is 5.13 Å². The van der Waals surface area contributed by atoms with Gasteiger partial charge in [-0.3, -0.25) is 4.79 Å². The Hall–Kier alpha value is -2.84. The Bertz CT molecular complexity index is 1080. The molecule has 0 unspecified atom stereocenters. The number of phenolic OH excluding ortho intramolecular Hbond substituents is 1. The molecule has 1 aliphatic heterocycles. The van der Waals surface area contributed by atoms with Crippen LogP contribution in [-0.4, -0.2) is 25.7 Å². The molecule has 6 nitrogen and oxygen atoms in total. The molecule has 2 aromatic heterocycles. The summed E-state index contributed by atoms with van der Waals surface area (Å²) in [6.07, 6.45) is 3.53. The Morgan fingerprint density at radius 1 is 1.30 bits per heavy atom. The van der Waals surface area contributed by atoms with Crippen LogP contribution in [0.15, 0.2) is 51.8 Å². The third-order valence-electron chi connectivity index (χ3n) is 4.15. The first-order chi connectivity index (χ1) is 13.0. The second-order valence-electron chi connectivity index (χ2n) is 5.95. The minimum atomic E-state index is -0.178. The van der Waals surface area contributed by atoms with Crippen molar-refractivity contribution in [2.75, 3.05) is 0 Å². The molecule has 0 atom stereocenters. The summed E-state index contributed by atoms with van der Waals surface area (Å²) < 4.78 is 1.98. The SMILES string of the molecule is Cc1cc(/C=C2\S/C(=N/c3nccs3)NC2=O)c(C)n1-c1ccccc1O. The first kappa shape index (κ1) is 17.6. The summed E-state index contributed by atoms with van der Waals surface area (Å²) in [5, 5.41) is 15.9. The maximum absolute atomic E-state index is 12.3. The number of carbonyl (C=O) groups is 1. The van der Waals surface area contributed by atoms with Crippen LogP contribution >= 0.6 is 23.1 Å². The van der Waals surface area contributed by atoms with E-state index in [9.17, 15) is 9.90 Å². The molecule has 1 amide bonds. The number of benzene rings is 1. The molecule has 1 saturated heterocycles. The van der Waals surface area contributed by atoms with E-state index in [-0.39, 0.29) is 11.7 Å². The van der Waals surface area contributed by atoms with Crippen LogP contribution in [0.2, 0.25) is 0 Å². The van der Waals surface area contributed by atoms with Gasteiger partial charge < -0.3 is 15.0 Å². The lowest BCUT2D eigenvalue weighted by Crippen LogP contribution is -2.19. The lowest BCUT2D eigenvalue weighted by Gasteiger charge is -2.11. The fourth-order valence-electron chi connectivity index (χ4n) is 2.94. The van der Waals surface area contributed by atoms with E-state index in [1.165, 1.54) is 23.1 Å².